The minimum atomic E-state index is 0.248. The molecule has 0 aliphatic carbocycles. The number of nitrogens with zero attached hydrogens (tertiary/aromatic N) is 1. The smallest absolute Gasteiger partial charge is 0.220 e. The predicted octanol–water partition coefficient (Wildman–Crippen LogP) is 2.16. The number of hydrogen-bond donors (Lipinski definition) is 1. The molecule has 0 unspecified atom stereocenters. The summed E-state index contributed by atoms with van der Waals surface area (Å²) < 4.78 is 0. The van der Waals surface area contributed by atoms with E-state index in [1.54, 1.807) is 0 Å². The molecule has 2 fully saturated rings. The number of aryl methyl sites for hydroxylation is 1. The largest absolute Gasteiger partial charge is 0.356 e. The molecule has 1 aromatic rings. The van der Waals surface area contributed by atoms with Crippen molar-refractivity contribution in [1.82, 2.24) is 10.2 Å². The Labute approximate surface area is 112 Å². The zero-order valence-electron chi connectivity index (χ0n) is 10.9. The van der Waals surface area contributed by atoms with Crippen LogP contribution in [0, 0.1) is 12.3 Å². The van der Waals surface area contributed by atoms with Crippen LogP contribution in [-0.4, -0.2) is 30.4 Å². The van der Waals surface area contributed by atoms with E-state index in [-0.39, 0.29) is 11.3 Å². The SMILES string of the molecule is Cc1ccc(CN2CCC3(CC2)CNC(=O)C3)s1. The van der Waals surface area contributed by atoms with Gasteiger partial charge in [0.1, 0.15) is 0 Å². The van der Waals surface area contributed by atoms with Crippen molar-refractivity contribution in [3.8, 4) is 0 Å². The van der Waals surface area contributed by atoms with Crippen LogP contribution in [0.1, 0.15) is 29.0 Å². The first-order valence-corrected chi connectivity index (χ1v) is 7.51. The molecule has 98 valence electrons. The maximum atomic E-state index is 11.4. The number of rotatable bonds is 2. The Hall–Kier alpha value is -0.870. The lowest BCUT2D eigenvalue weighted by Gasteiger charge is -2.38. The number of carbonyl (C=O) groups is 1. The number of piperidine rings is 1. The van der Waals surface area contributed by atoms with Gasteiger partial charge in [-0.25, -0.2) is 0 Å². The molecule has 0 radical (unpaired) electrons. The predicted molar refractivity (Wildman–Crippen MR) is 73.6 cm³/mol. The van der Waals surface area contributed by atoms with Crippen LogP contribution in [0.2, 0.25) is 0 Å². The van der Waals surface area contributed by atoms with E-state index in [2.05, 4.69) is 29.3 Å². The van der Waals surface area contributed by atoms with E-state index in [0.717, 1.165) is 45.4 Å². The van der Waals surface area contributed by atoms with E-state index in [9.17, 15) is 4.79 Å². The Morgan fingerprint density at radius 3 is 2.72 bits per heavy atom. The molecule has 3 nitrogen and oxygen atoms in total. The molecule has 1 amide bonds. The van der Waals surface area contributed by atoms with Gasteiger partial charge in [0.15, 0.2) is 0 Å². The molecule has 2 saturated heterocycles. The molecular weight excluding hydrogens is 244 g/mol. The monoisotopic (exact) mass is 264 g/mol. The number of thiophene rings is 1. The molecule has 2 aliphatic heterocycles. The van der Waals surface area contributed by atoms with Crippen LogP contribution < -0.4 is 5.32 Å². The lowest BCUT2D eigenvalue weighted by atomic mass is 9.78. The van der Waals surface area contributed by atoms with Gasteiger partial charge in [-0.2, -0.15) is 0 Å². The lowest BCUT2D eigenvalue weighted by Crippen LogP contribution is -2.40. The molecule has 0 bridgehead atoms. The zero-order valence-corrected chi connectivity index (χ0v) is 11.7. The molecule has 0 saturated carbocycles. The topological polar surface area (TPSA) is 32.3 Å². The summed E-state index contributed by atoms with van der Waals surface area (Å²) in [5.74, 6) is 0.248. The Balaban J connectivity index is 1.55. The highest BCUT2D eigenvalue weighted by Crippen LogP contribution is 2.37. The Morgan fingerprint density at radius 1 is 1.39 bits per heavy atom. The van der Waals surface area contributed by atoms with Crippen molar-refractivity contribution in [2.24, 2.45) is 5.41 Å². The minimum absolute atomic E-state index is 0.248. The average molecular weight is 264 g/mol. The van der Waals surface area contributed by atoms with Crippen LogP contribution in [0.3, 0.4) is 0 Å². The third-order valence-electron chi connectivity index (χ3n) is 4.29. The van der Waals surface area contributed by atoms with E-state index in [0.29, 0.717) is 0 Å². The molecule has 3 rings (SSSR count). The summed E-state index contributed by atoms with van der Waals surface area (Å²) in [5.41, 5.74) is 0.277. The second-order valence-electron chi connectivity index (χ2n) is 5.74. The fourth-order valence-corrected chi connectivity index (χ4v) is 4.01. The Bertz CT molecular complexity index is 446. The van der Waals surface area contributed by atoms with Gasteiger partial charge in [-0.15, -0.1) is 11.3 Å². The van der Waals surface area contributed by atoms with Gasteiger partial charge in [-0.1, -0.05) is 0 Å². The van der Waals surface area contributed by atoms with Gasteiger partial charge in [-0.05, 0) is 50.4 Å². The summed E-state index contributed by atoms with van der Waals surface area (Å²) in [6.07, 6.45) is 3.07. The van der Waals surface area contributed by atoms with Gasteiger partial charge < -0.3 is 5.32 Å². The van der Waals surface area contributed by atoms with E-state index in [1.165, 1.54) is 9.75 Å². The normalized spacial score (nSPS) is 23.5. The highest BCUT2D eigenvalue weighted by atomic mass is 32.1. The number of carbonyl (C=O) groups excluding carboxylic acids is 1. The first kappa shape index (κ1) is 12.2. The van der Waals surface area contributed by atoms with Crippen molar-refractivity contribution in [3.63, 3.8) is 0 Å². The van der Waals surface area contributed by atoms with Gasteiger partial charge in [-0.3, -0.25) is 9.69 Å². The third-order valence-corrected chi connectivity index (χ3v) is 5.27. The molecule has 18 heavy (non-hydrogen) atoms. The Kier molecular flexibility index (Phi) is 3.16. The Morgan fingerprint density at radius 2 is 2.17 bits per heavy atom. The number of hydrogen-bond acceptors (Lipinski definition) is 3. The highest BCUT2D eigenvalue weighted by molar-refractivity contribution is 7.11. The quantitative estimate of drug-likeness (QED) is 0.888. The maximum Gasteiger partial charge on any atom is 0.220 e. The van der Waals surface area contributed by atoms with Crippen LogP contribution in [0.25, 0.3) is 0 Å². The van der Waals surface area contributed by atoms with Crippen molar-refractivity contribution in [2.75, 3.05) is 19.6 Å². The molecule has 0 atom stereocenters. The standard InChI is InChI=1S/C14H20N2OS/c1-11-2-3-12(18-11)9-16-6-4-14(5-7-16)8-13(17)15-10-14/h2-3H,4-10H2,1H3,(H,15,17). The molecule has 2 aliphatic rings. The van der Waals surface area contributed by atoms with Crippen molar-refractivity contribution in [1.29, 1.82) is 0 Å². The van der Waals surface area contributed by atoms with Gasteiger partial charge in [0.2, 0.25) is 5.91 Å². The highest BCUT2D eigenvalue weighted by Gasteiger charge is 2.40. The van der Waals surface area contributed by atoms with Gasteiger partial charge in [0.25, 0.3) is 0 Å². The first-order chi connectivity index (χ1) is 8.65. The molecule has 1 N–H and O–H groups in total. The van der Waals surface area contributed by atoms with E-state index in [4.69, 9.17) is 0 Å². The van der Waals surface area contributed by atoms with Crippen LogP contribution in [0.4, 0.5) is 0 Å². The number of amides is 1. The zero-order chi connectivity index (χ0) is 12.6. The van der Waals surface area contributed by atoms with E-state index in [1.807, 2.05) is 11.3 Å². The third kappa shape index (κ3) is 2.45. The van der Waals surface area contributed by atoms with Crippen molar-refractivity contribution < 1.29 is 4.79 Å². The molecule has 0 aromatic carbocycles. The van der Waals surface area contributed by atoms with Crippen molar-refractivity contribution in [3.05, 3.63) is 21.9 Å². The summed E-state index contributed by atoms with van der Waals surface area (Å²) in [5, 5.41) is 2.99. The van der Waals surface area contributed by atoms with Crippen LogP contribution in [0.5, 0.6) is 0 Å². The number of likely N-dealkylation sites (tertiary alicyclic amines) is 1. The minimum Gasteiger partial charge on any atom is -0.356 e. The van der Waals surface area contributed by atoms with Gasteiger partial charge in [0, 0.05) is 29.3 Å². The van der Waals surface area contributed by atoms with Gasteiger partial charge in [0.05, 0.1) is 0 Å². The second-order valence-corrected chi connectivity index (χ2v) is 7.11. The first-order valence-electron chi connectivity index (χ1n) is 6.70. The second kappa shape index (κ2) is 4.67. The van der Waals surface area contributed by atoms with Crippen molar-refractivity contribution >= 4 is 17.2 Å². The van der Waals surface area contributed by atoms with E-state index >= 15 is 0 Å². The van der Waals surface area contributed by atoms with Gasteiger partial charge >= 0.3 is 0 Å². The van der Waals surface area contributed by atoms with Crippen LogP contribution in [0.15, 0.2) is 12.1 Å². The fraction of sp³-hybridized carbons (Fsp3) is 0.643. The van der Waals surface area contributed by atoms with Crippen LogP contribution >= 0.6 is 11.3 Å². The van der Waals surface area contributed by atoms with Crippen molar-refractivity contribution in [2.45, 2.75) is 32.7 Å². The molecule has 1 spiro atoms. The molecule has 1 aromatic heterocycles. The summed E-state index contributed by atoms with van der Waals surface area (Å²) >= 11 is 1.90. The number of nitrogens with one attached hydrogen (secondary N) is 1. The van der Waals surface area contributed by atoms with Crippen LogP contribution in [-0.2, 0) is 11.3 Å². The summed E-state index contributed by atoms with van der Waals surface area (Å²) in [7, 11) is 0. The molecular formula is C14H20N2OS. The van der Waals surface area contributed by atoms with E-state index < -0.39 is 0 Å². The fourth-order valence-electron chi connectivity index (χ4n) is 3.08. The average Bonchev–Trinajstić information content (AvgIpc) is 2.90. The summed E-state index contributed by atoms with van der Waals surface area (Å²) in [4.78, 5) is 16.8. The molecule has 4 heteroatoms. The summed E-state index contributed by atoms with van der Waals surface area (Å²) in [6, 6.07) is 4.44. The lowest BCUT2D eigenvalue weighted by molar-refractivity contribution is -0.119. The maximum absolute atomic E-state index is 11.4. The molecule has 3 heterocycles. The summed E-state index contributed by atoms with van der Waals surface area (Å²) in [6.45, 7) is 6.40.